The third-order valence-electron chi connectivity index (χ3n) is 3.42. The molecule has 5 nitrogen and oxygen atoms in total. The number of nitrogens with zero attached hydrogens (tertiary/aromatic N) is 3. The first kappa shape index (κ1) is 13.6. The fraction of sp³-hybridized carbons (Fsp3) is 0.133. The van der Waals surface area contributed by atoms with Crippen LogP contribution in [-0.2, 0) is 0 Å². The second-order valence-electron chi connectivity index (χ2n) is 4.77. The average molecular weight is 302 g/mol. The van der Waals surface area contributed by atoms with E-state index >= 15 is 0 Å². The Hall–Kier alpha value is -2.40. The van der Waals surface area contributed by atoms with Crippen molar-refractivity contribution in [3.63, 3.8) is 0 Å². The summed E-state index contributed by atoms with van der Waals surface area (Å²) in [6.07, 6.45) is 0. The lowest BCUT2D eigenvalue weighted by Crippen LogP contribution is -2.09. The highest BCUT2D eigenvalue weighted by atomic mass is 35.5. The van der Waals surface area contributed by atoms with Crippen LogP contribution in [0, 0.1) is 0 Å². The molecule has 0 spiro atoms. The van der Waals surface area contributed by atoms with Gasteiger partial charge in [0.05, 0.1) is 17.1 Å². The maximum Gasteiger partial charge on any atom is 0.335 e. The first-order valence-electron chi connectivity index (χ1n) is 6.40. The highest BCUT2D eigenvalue weighted by molar-refractivity contribution is 6.30. The molecule has 3 aromatic rings. The van der Waals surface area contributed by atoms with E-state index in [1.165, 1.54) is 6.07 Å². The molecule has 6 heteroatoms. The number of rotatable bonds is 3. The zero-order chi connectivity index (χ0) is 15.0. The molecule has 0 aliphatic rings. The Morgan fingerprint density at radius 3 is 2.81 bits per heavy atom. The second-order valence-corrected chi connectivity index (χ2v) is 5.21. The number of hydrogen-bond acceptors (Lipinski definition) is 3. The van der Waals surface area contributed by atoms with Crippen LogP contribution in [0.5, 0.6) is 0 Å². The molecule has 0 aliphatic heterocycles. The third kappa shape index (κ3) is 2.48. The van der Waals surface area contributed by atoms with Crippen molar-refractivity contribution in [1.29, 1.82) is 0 Å². The van der Waals surface area contributed by atoms with E-state index in [1.807, 2.05) is 25.1 Å². The lowest BCUT2D eigenvalue weighted by atomic mass is 10.1. The summed E-state index contributed by atoms with van der Waals surface area (Å²) in [6, 6.07) is 12.2. The molecule has 106 valence electrons. The van der Waals surface area contributed by atoms with Gasteiger partial charge in [-0.1, -0.05) is 28.9 Å². The Kier molecular flexibility index (Phi) is 3.35. The van der Waals surface area contributed by atoms with E-state index in [9.17, 15) is 4.79 Å². The molecule has 0 radical (unpaired) electrons. The van der Waals surface area contributed by atoms with Crippen molar-refractivity contribution in [2.45, 2.75) is 13.0 Å². The van der Waals surface area contributed by atoms with Gasteiger partial charge >= 0.3 is 5.97 Å². The summed E-state index contributed by atoms with van der Waals surface area (Å²) >= 11 is 6.01. The standard InChI is InChI=1S/C15H12ClN3O2/c1-9(10-3-2-4-12(16)7-10)19-14-8-11(15(20)21)5-6-13(14)17-18-19/h2-9H,1H3,(H,20,21). The fourth-order valence-electron chi connectivity index (χ4n) is 2.26. The van der Waals surface area contributed by atoms with Gasteiger partial charge in [-0.2, -0.15) is 0 Å². The van der Waals surface area contributed by atoms with Crippen LogP contribution in [0.15, 0.2) is 42.5 Å². The molecule has 1 heterocycles. The number of carboxylic acid groups (broad SMARTS) is 1. The summed E-state index contributed by atoms with van der Waals surface area (Å²) in [6.45, 7) is 1.97. The van der Waals surface area contributed by atoms with E-state index in [0.717, 1.165) is 5.56 Å². The summed E-state index contributed by atoms with van der Waals surface area (Å²) < 4.78 is 1.70. The van der Waals surface area contributed by atoms with Gasteiger partial charge in [0.25, 0.3) is 0 Å². The molecule has 0 bridgehead atoms. The van der Waals surface area contributed by atoms with Gasteiger partial charge in [-0.15, -0.1) is 5.10 Å². The van der Waals surface area contributed by atoms with Crippen molar-refractivity contribution in [1.82, 2.24) is 15.0 Å². The number of aromatic nitrogens is 3. The van der Waals surface area contributed by atoms with Gasteiger partial charge in [0.15, 0.2) is 0 Å². The largest absolute Gasteiger partial charge is 0.478 e. The molecule has 0 saturated carbocycles. The molecule has 0 aliphatic carbocycles. The molecule has 21 heavy (non-hydrogen) atoms. The number of fused-ring (bicyclic) bond motifs is 1. The van der Waals surface area contributed by atoms with E-state index in [0.29, 0.717) is 16.1 Å². The summed E-state index contributed by atoms with van der Waals surface area (Å²) in [5, 5.41) is 18.0. The average Bonchev–Trinajstić information content (AvgIpc) is 2.89. The molecule has 0 amide bonds. The Morgan fingerprint density at radius 1 is 1.29 bits per heavy atom. The number of halogens is 1. The van der Waals surface area contributed by atoms with Gasteiger partial charge in [0, 0.05) is 5.02 Å². The zero-order valence-corrected chi connectivity index (χ0v) is 11.9. The second kappa shape index (κ2) is 5.18. The normalized spacial score (nSPS) is 12.5. The lowest BCUT2D eigenvalue weighted by molar-refractivity contribution is 0.0697. The van der Waals surface area contributed by atoms with Crippen LogP contribution in [0.3, 0.4) is 0 Å². The van der Waals surface area contributed by atoms with Crippen molar-refractivity contribution < 1.29 is 9.90 Å². The van der Waals surface area contributed by atoms with Crippen LogP contribution in [-0.4, -0.2) is 26.1 Å². The quantitative estimate of drug-likeness (QED) is 0.805. The van der Waals surface area contributed by atoms with E-state index in [-0.39, 0.29) is 11.6 Å². The molecule has 3 rings (SSSR count). The van der Waals surface area contributed by atoms with Gasteiger partial charge in [-0.25, -0.2) is 9.48 Å². The number of aromatic carboxylic acids is 1. The van der Waals surface area contributed by atoms with E-state index in [4.69, 9.17) is 16.7 Å². The van der Waals surface area contributed by atoms with Crippen LogP contribution in [0.2, 0.25) is 5.02 Å². The number of carbonyl (C=O) groups is 1. The molecule has 2 aromatic carbocycles. The number of hydrogen-bond donors (Lipinski definition) is 1. The van der Waals surface area contributed by atoms with Crippen molar-refractivity contribution in [3.05, 3.63) is 58.6 Å². The third-order valence-corrected chi connectivity index (χ3v) is 3.65. The Labute approximate surface area is 125 Å². The molecule has 0 fully saturated rings. The lowest BCUT2D eigenvalue weighted by Gasteiger charge is -2.13. The topological polar surface area (TPSA) is 68.0 Å². The summed E-state index contributed by atoms with van der Waals surface area (Å²) in [5.74, 6) is -0.972. The van der Waals surface area contributed by atoms with Crippen molar-refractivity contribution >= 4 is 28.6 Å². The predicted molar refractivity (Wildman–Crippen MR) is 79.8 cm³/mol. The van der Waals surface area contributed by atoms with Crippen LogP contribution in [0.4, 0.5) is 0 Å². The van der Waals surface area contributed by atoms with Gasteiger partial charge in [-0.3, -0.25) is 0 Å². The Balaban J connectivity index is 2.11. The molecule has 0 saturated heterocycles. The van der Waals surface area contributed by atoms with E-state index in [1.54, 1.807) is 22.9 Å². The maximum atomic E-state index is 11.1. The minimum absolute atomic E-state index is 0.0993. The first-order chi connectivity index (χ1) is 10.1. The molecular weight excluding hydrogens is 290 g/mol. The van der Waals surface area contributed by atoms with Crippen molar-refractivity contribution in [2.24, 2.45) is 0 Å². The first-order valence-corrected chi connectivity index (χ1v) is 6.78. The number of carboxylic acids is 1. The van der Waals surface area contributed by atoms with Crippen molar-refractivity contribution in [2.75, 3.05) is 0 Å². The monoisotopic (exact) mass is 301 g/mol. The van der Waals surface area contributed by atoms with Crippen molar-refractivity contribution in [3.8, 4) is 0 Å². The van der Waals surface area contributed by atoms with Crippen LogP contribution in [0.25, 0.3) is 11.0 Å². The van der Waals surface area contributed by atoms with Gasteiger partial charge in [0.2, 0.25) is 0 Å². The molecular formula is C15H12ClN3O2. The minimum atomic E-state index is -0.972. The minimum Gasteiger partial charge on any atom is -0.478 e. The maximum absolute atomic E-state index is 11.1. The molecule has 1 atom stereocenters. The van der Waals surface area contributed by atoms with Gasteiger partial charge < -0.3 is 5.11 Å². The summed E-state index contributed by atoms with van der Waals surface area (Å²) in [4.78, 5) is 11.1. The van der Waals surface area contributed by atoms with Gasteiger partial charge in [0.1, 0.15) is 5.52 Å². The Morgan fingerprint density at radius 2 is 2.10 bits per heavy atom. The predicted octanol–water partition coefficient (Wildman–Crippen LogP) is 3.39. The molecule has 1 N–H and O–H groups in total. The smallest absolute Gasteiger partial charge is 0.335 e. The molecule has 1 aromatic heterocycles. The van der Waals surface area contributed by atoms with E-state index < -0.39 is 5.97 Å². The summed E-state index contributed by atoms with van der Waals surface area (Å²) in [7, 11) is 0. The zero-order valence-electron chi connectivity index (χ0n) is 11.2. The highest BCUT2D eigenvalue weighted by Gasteiger charge is 2.15. The highest BCUT2D eigenvalue weighted by Crippen LogP contribution is 2.24. The SMILES string of the molecule is CC(c1cccc(Cl)c1)n1nnc2ccc(C(=O)O)cc21. The van der Waals surface area contributed by atoms with E-state index in [2.05, 4.69) is 10.3 Å². The van der Waals surface area contributed by atoms with Crippen LogP contribution >= 0.6 is 11.6 Å². The Bertz CT molecular complexity index is 829. The molecule has 1 unspecified atom stereocenters. The number of benzene rings is 2. The van der Waals surface area contributed by atoms with Crippen LogP contribution in [0.1, 0.15) is 28.9 Å². The summed E-state index contributed by atoms with van der Waals surface area (Å²) in [5.41, 5.74) is 2.54. The van der Waals surface area contributed by atoms with Crippen LogP contribution < -0.4 is 0 Å². The van der Waals surface area contributed by atoms with Gasteiger partial charge in [-0.05, 0) is 42.8 Å². The fourth-order valence-corrected chi connectivity index (χ4v) is 2.46.